The van der Waals surface area contributed by atoms with Crippen LogP contribution in [0, 0.1) is 13.8 Å². The van der Waals surface area contributed by atoms with Gasteiger partial charge in [0, 0.05) is 36.1 Å². The van der Waals surface area contributed by atoms with Crippen LogP contribution in [0.5, 0.6) is 5.75 Å². The maximum atomic E-state index is 12.9. The molecule has 164 valence electrons. The number of H-pyrrole nitrogens is 1. The lowest BCUT2D eigenvalue weighted by atomic mass is 9.85. The van der Waals surface area contributed by atoms with Crippen molar-refractivity contribution in [3.05, 3.63) is 98.7 Å². The van der Waals surface area contributed by atoms with Crippen molar-refractivity contribution in [2.75, 3.05) is 6.54 Å². The Hall–Kier alpha value is -3.80. The second-order valence-electron chi connectivity index (χ2n) is 8.08. The van der Waals surface area contributed by atoms with Crippen LogP contribution in [-0.4, -0.2) is 22.5 Å². The van der Waals surface area contributed by atoms with Gasteiger partial charge >= 0.3 is 5.63 Å². The molecule has 0 radical (unpaired) electrons. The zero-order valence-corrected chi connectivity index (χ0v) is 18.4. The minimum absolute atomic E-state index is 0.0988. The first-order valence-electron chi connectivity index (χ1n) is 10.6. The van der Waals surface area contributed by atoms with Crippen molar-refractivity contribution in [1.82, 2.24) is 10.3 Å². The van der Waals surface area contributed by atoms with Crippen molar-refractivity contribution in [3.8, 4) is 5.75 Å². The summed E-state index contributed by atoms with van der Waals surface area (Å²) in [5.41, 5.74) is 4.27. The van der Waals surface area contributed by atoms with E-state index < -0.39 is 11.5 Å². The molecular formula is C26H26N2O4. The van der Waals surface area contributed by atoms with Gasteiger partial charge in [0.15, 0.2) is 0 Å². The zero-order chi connectivity index (χ0) is 22.8. The molecule has 2 aromatic heterocycles. The second-order valence-corrected chi connectivity index (χ2v) is 8.08. The summed E-state index contributed by atoms with van der Waals surface area (Å²) in [6.07, 6.45) is 0.569. The molecule has 0 saturated carbocycles. The van der Waals surface area contributed by atoms with E-state index in [1.807, 2.05) is 55.5 Å². The second kappa shape index (κ2) is 8.75. The van der Waals surface area contributed by atoms with Crippen molar-refractivity contribution in [2.45, 2.75) is 33.1 Å². The molecule has 0 aliphatic carbocycles. The molecule has 3 N–H and O–H groups in total. The highest BCUT2D eigenvalue weighted by Crippen LogP contribution is 2.39. The van der Waals surface area contributed by atoms with E-state index in [2.05, 4.69) is 10.3 Å². The molecule has 1 unspecified atom stereocenters. The fourth-order valence-corrected chi connectivity index (χ4v) is 4.21. The number of amides is 1. The Bertz CT molecular complexity index is 1330. The number of nitrogens with one attached hydrogen (secondary N) is 2. The van der Waals surface area contributed by atoms with E-state index in [-0.39, 0.29) is 17.2 Å². The van der Waals surface area contributed by atoms with Crippen LogP contribution in [0.15, 0.2) is 63.8 Å². The topological polar surface area (TPSA) is 95.3 Å². The molecular weight excluding hydrogens is 404 g/mol. The number of aromatic nitrogens is 1. The van der Waals surface area contributed by atoms with Crippen LogP contribution in [-0.2, 0) is 11.2 Å². The summed E-state index contributed by atoms with van der Waals surface area (Å²) >= 11 is 0. The summed E-state index contributed by atoms with van der Waals surface area (Å²) in [6, 6.07) is 17.2. The number of hydrogen-bond donors (Lipinski definition) is 3. The molecule has 32 heavy (non-hydrogen) atoms. The van der Waals surface area contributed by atoms with Gasteiger partial charge in [-0.15, -0.1) is 0 Å². The first-order valence-corrected chi connectivity index (χ1v) is 10.6. The number of carbonyl (C=O) groups is 1. The molecule has 1 atom stereocenters. The number of para-hydroxylation sites is 1. The van der Waals surface area contributed by atoms with Gasteiger partial charge in [-0.2, -0.15) is 0 Å². The van der Waals surface area contributed by atoms with E-state index in [1.165, 1.54) is 13.0 Å². The third-order valence-electron chi connectivity index (χ3n) is 5.67. The van der Waals surface area contributed by atoms with Gasteiger partial charge in [0.2, 0.25) is 5.91 Å². The summed E-state index contributed by atoms with van der Waals surface area (Å²) < 4.78 is 5.38. The predicted molar refractivity (Wildman–Crippen MR) is 124 cm³/mol. The molecule has 0 aliphatic heterocycles. The zero-order valence-electron chi connectivity index (χ0n) is 18.4. The lowest BCUT2D eigenvalue weighted by molar-refractivity contribution is -0.118. The van der Waals surface area contributed by atoms with Gasteiger partial charge in [-0.25, -0.2) is 4.79 Å². The Morgan fingerprint density at radius 2 is 1.84 bits per heavy atom. The summed E-state index contributed by atoms with van der Waals surface area (Å²) in [5, 5.41) is 14.7. The van der Waals surface area contributed by atoms with Crippen LogP contribution in [0.1, 0.15) is 46.5 Å². The maximum Gasteiger partial charge on any atom is 0.343 e. The van der Waals surface area contributed by atoms with Crippen LogP contribution in [0.3, 0.4) is 0 Å². The standard InChI is InChI=1S/C26H26N2O4/c1-15-8-10-18(11-9-15)23(24-22(30)14-16(2)32-26(24)31)25-20(12-13-27-17(3)29)19-6-4-5-7-21(19)28-25/h4-11,14,23,28,30H,12-13H2,1-3H3,(H,27,29). The summed E-state index contributed by atoms with van der Waals surface area (Å²) in [4.78, 5) is 27.9. The molecule has 0 spiro atoms. The van der Waals surface area contributed by atoms with Gasteiger partial charge < -0.3 is 19.8 Å². The largest absolute Gasteiger partial charge is 0.507 e. The highest BCUT2D eigenvalue weighted by molar-refractivity contribution is 5.85. The minimum Gasteiger partial charge on any atom is -0.507 e. The van der Waals surface area contributed by atoms with Crippen LogP contribution in [0.2, 0.25) is 0 Å². The van der Waals surface area contributed by atoms with E-state index in [1.54, 1.807) is 6.92 Å². The van der Waals surface area contributed by atoms with Crippen LogP contribution in [0.4, 0.5) is 0 Å². The number of aromatic amines is 1. The van der Waals surface area contributed by atoms with E-state index in [0.29, 0.717) is 18.7 Å². The fraction of sp³-hybridized carbons (Fsp3) is 0.231. The SMILES string of the molecule is CC(=O)NCCc1c(C(c2ccc(C)cc2)c2c(O)cc(C)oc2=O)[nH]c2ccccc12. The van der Waals surface area contributed by atoms with Crippen LogP contribution < -0.4 is 10.9 Å². The number of aryl methyl sites for hydroxylation is 2. The average molecular weight is 431 g/mol. The summed E-state index contributed by atoms with van der Waals surface area (Å²) in [7, 11) is 0. The molecule has 4 rings (SSSR count). The number of aromatic hydroxyl groups is 1. The normalized spacial score (nSPS) is 12.1. The van der Waals surface area contributed by atoms with Gasteiger partial charge in [0.05, 0.1) is 11.5 Å². The minimum atomic E-state index is -0.570. The van der Waals surface area contributed by atoms with E-state index in [4.69, 9.17) is 4.42 Å². The maximum absolute atomic E-state index is 12.9. The fourth-order valence-electron chi connectivity index (χ4n) is 4.21. The molecule has 2 heterocycles. The Morgan fingerprint density at radius 3 is 2.53 bits per heavy atom. The summed E-state index contributed by atoms with van der Waals surface area (Å²) in [6.45, 7) is 5.58. The lowest BCUT2D eigenvalue weighted by Crippen LogP contribution is -2.23. The first-order chi connectivity index (χ1) is 15.3. The van der Waals surface area contributed by atoms with Gasteiger partial charge in [0.25, 0.3) is 0 Å². The van der Waals surface area contributed by atoms with E-state index in [9.17, 15) is 14.7 Å². The number of rotatable bonds is 6. The molecule has 0 aliphatic rings. The quantitative estimate of drug-likeness (QED) is 0.425. The van der Waals surface area contributed by atoms with Gasteiger partial charge in [-0.1, -0.05) is 48.0 Å². The number of benzene rings is 2. The van der Waals surface area contributed by atoms with Gasteiger partial charge in [0.1, 0.15) is 11.5 Å². The molecule has 4 aromatic rings. The highest BCUT2D eigenvalue weighted by atomic mass is 16.4. The monoisotopic (exact) mass is 430 g/mol. The van der Waals surface area contributed by atoms with Crippen LogP contribution in [0.25, 0.3) is 10.9 Å². The Balaban J connectivity index is 1.97. The Kier molecular flexibility index (Phi) is 5.86. The third kappa shape index (κ3) is 4.17. The molecule has 2 aromatic carbocycles. The molecule has 0 saturated heterocycles. The number of fused-ring (bicyclic) bond motifs is 1. The van der Waals surface area contributed by atoms with Crippen molar-refractivity contribution in [3.63, 3.8) is 0 Å². The van der Waals surface area contributed by atoms with Crippen LogP contribution >= 0.6 is 0 Å². The van der Waals surface area contributed by atoms with Gasteiger partial charge in [-0.05, 0) is 37.5 Å². The first kappa shape index (κ1) is 21.4. The molecule has 0 bridgehead atoms. The third-order valence-corrected chi connectivity index (χ3v) is 5.67. The average Bonchev–Trinajstić information content (AvgIpc) is 3.09. The predicted octanol–water partition coefficient (Wildman–Crippen LogP) is 4.30. The molecule has 0 fully saturated rings. The Labute approximate surface area is 185 Å². The molecule has 1 amide bonds. The van der Waals surface area contributed by atoms with E-state index in [0.717, 1.165) is 33.3 Å². The van der Waals surface area contributed by atoms with Crippen molar-refractivity contribution in [1.29, 1.82) is 0 Å². The summed E-state index contributed by atoms with van der Waals surface area (Å²) in [5.74, 6) is -0.414. The smallest absolute Gasteiger partial charge is 0.343 e. The molecule has 6 nitrogen and oxygen atoms in total. The molecule has 6 heteroatoms. The van der Waals surface area contributed by atoms with E-state index >= 15 is 0 Å². The lowest BCUT2D eigenvalue weighted by Gasteiger charge is -2.20. The van der Waals surface area contributed by atoms with Crippen molar-refractivity contribution < 1.29 is 14.3 Å². The number of hydrogen-bond acceptors (Lipinski definition) is 4. The number of carbonyl (C=O) groups excluding carboxylic acids is 1. The highest BCUT2D eigenvalue weighted by Gasteiger charge is 2.29. The Morgan fingerprint density at radius 1 is 1.12 bits per heavy atom. The van der Waals surface area contributed by atoms with Crippen molar-refractivity contribution in [2.24, 2.45) is 0 Å². The van der Waals surface area contributed by atoms with Crippen molar-refractivity contribution >= 4 is 16.8 Å². The van der Waals surface area contributed by atoms with Gasteiger partial charge in [-0.3, -0.25) is 4.79 Å².